The molecular weight excluding hydrogens is 216 g/mol. The van der Waals surface area contributed by atoms with E-state index in [-0.39, 0.29) is 24.0 Å². The lowest BCUT2D eigenvalue weighted by Crippen LogP contribution is -2.44. The first kappa shape index (κ1) is 13.4. The van der Waals surface area contributed by atoms with E-state index in [1.807, 2.05) is 19.9 Å². The third-order valence-electron chi connectivity index (χ3n) is 2.49. The van der Waals surface area contributed by atoms with E-state index >= 15 is 0 Å². The van der Waals surface area contributed by atoms with Crippen LogP contribution in [0.3, 0.4) is 0 Å². The normalized spacial score (nSPS) is 12.2. The first-order valence-corrected chi connectivity index (χ1v) is 5.70. The molecule has 0 aliphatic carbocycles. The second-order valence-electron chi connectivity index (χ2n) is 4.40. The summed E-state index contributed by atoms with van der Waals surface area (Å²) in [7, 11) is 0. The number of pyridine rings is 1. The minimum atomic E-state index is -0.411. The molecule has 0 saturated carbocycles. The zero-order valence-electron chi connectivity index (χ0n) is 10.4. The molecule has 0 aliphatic rings. The van der Waals surface area contributed by atoms with Gasteiger partial charge in [0.15, 0.2) is 5.78 Å². The van der Waals surface area contributed by atoms with Crippen LogP contribution in [0.15, 0.2) is 24.4 Å². The van der Waals surface area contributed by atoms with Crippen LogP contribution in [0, 0.1) is 5.92 Å². The van der Waals surface area contributed by atoms with Crippen LogP contribution in [-0.4, -0.2) is 22.7 Å². The van der Waals surface area contributed by atoms with E-state index in [4.69, 9.17) is 0 Å². The molecule has 4 nitrogen and oxygen atoms in total. The highest BCUT2D eigenvalue weighted by Gasteiger charge is 2.20. The molecular formula is C13H18N2O2. The molecule has 0 fully saturated rings. The molecule has 1 atom stereocenters. The Morgan fingerprint density at radius 3 is 2.53 bits per heavy atom. The van der Waals surface area contributed by atoms with Crippen molar-refractivity contribution in [2.45, 2.75) is 33.2 Å². The molecule has 1 rings (SSSR count). The minimum absolute atomic E-state index is 0.0191. The van der Waals surface area contributed by atoms with Gasteiger partial charge in [-0.15, -0.1) is 0 Å². The molecule has 4 heteroatoms. The molecule has 92 valence electrons. The maximum atomic E-state index is 11.7. The van der Waals surface area contributed by atoms with Gasteiger partial charge in [-0.05, 0) is 25.0 Å². The van der Waals surface area contributed by atoms with Crippen molar-refractivity contribution in [1.29, 1.82) is 0 Å². The number of carbonyl (C=O) groups excluding carboxylic acids is 2. The fraction of sp³-hybridized carbons (Fsp3) is 0.462. The predicted molar refractivity (Wildman–Crippen MR) is 65.4 cm³/mol. The summed E-state index contributed by atoms with van der Waals surface area (Å²) in [6.07, 6.45) is 1.85. The number of carbonyl (C=O) groups is 2. The van der Waals surface area contributed by atoms with Gasteiger partial charge in [-0.1, -0.05) is 19.9 Å². The molecule has 1 N–H and O–H groups in total. The molecule has 0 bridgehead atoms. The highest BCUT2D eigenvalue weighted by molar-refractivity contribution is 5.88. The Morgan fingerprint density at radius 2 is 2.06 bits per heavy atom. The van der Waals surface area contributed by atoms with Gasteiger partial charge in [0.1, 0.15) is 0 Å². The van der Waals surface area contributed by atoms with E-state index in [0.717, 1.165) is 0 Å². The van der Waals surface area contributed by atoms with Crippen LogP contribution >= 0.6 is 0 Å². The average molecular weight is 234 g/mol. The Hall–Kier alpha value is -1.71. The van der Waals surface area contributed by atoms with Crippen molar-refractivity contribution in [3.8, 4) is 0 Å². The average Bonchev–Trinajstić information content (AvgIpc) is 2.26. The van der Waals surface area contributed by atoms with E-state index in [0.29, 0.717) is 5.69 Å². The fourth-order valence-electron chi connectivity index (χ4n) is 1.63. The molecule has 17 heavy (non-hydrogen) atoms. The van der Waals surface area contributed by atoms with Crippen LogP contribution in [0.2, 0.25) is 0 Å². The van der Waals surface area contributed by atoms with Crippen LogP contribution in [0.1, 0.15) is 26.5 Å². The van der Waals surface area contributed by atoms with Crippen molar-refractivity contribution in [1.82, 2.24) is 10.3 Å². The molecule has 0 radical (unpaired) electrons. The van der Waals surface area contributed by atoms with Crippen molar-refractivity contribution >= 4 is 11.7 Å². The van der Waals surface area contributed by atoms with Crippen LogP contribution < -0.4 is 5.32 Å². The van der Waals surface area contributed by atoms with Crippen molar-refractivity contribution in [3.05, 3.63) is 30.1 Å². The van der Waals surface area contributed by atoms with Gasteiger partial charge >= 0.3 is 0 Å². The fourth-order valence-corrected chi connectivity index (χ4v) is 1.63. The molecule has 0 saturated heterocycles. The molecule has 1 amide bonds. The Labute approximate surface area is 101 Å². The van der Waals surface area contributed by atoms with Crippen LogP contribution in [0.25, 0.3) is 0 Å². The van der Waals surface area contributed by atoms with Crippen molar-refractivity contribution in [3.63, 3.8) is 0 Å². The first-order valence-electron chi connectivity index (χ1n) is 5.70. The van der Waals surface area contributed by atoms with Gasteiger partial charge in [0.05, 0.1) is 12.5 Å². The number of nitrogens with zero attached hydrogens (tertiary/aromatic N) is 1. The zero-order valence-corrected chi connectivity index (χ0v) is 10.4. The Kier molecular flexibility index (Phi) is 4.82. The maximum absolute atomic E-state index is 11.7. The topological polar surface area (TPSA) is 59.1 Å². The lowest BCUT2D eigenvalue weighted by molar-refractivity contribution is -0.127. The maximum Gasteiger partial charge on any atom is 0.226 e. The van der Waals surface area contributed by atoms with E-state index in [1.54, 1.807) is 18.3 Å². The lowest BCUT2D eigenvalue weighted by Gasteiger charge is -2.19. The zero-order chi connectivity index (χ0) is 12.8. The number of Topliss-reactive ketones (excluding diaryl/α,β-unsaturated/α-hetero) is 1. The largest absolute Gasteiger partial charge is 0.346 e. The summed E-state index contributed by atoms with van der Waals surface area (Å²) >= 11 is 0. The molecule has 1 heterocycles. The smallest absolute Gasteiger partial charge is 0.226 e. The van der Waals surface area contributed by atoms with E-state index in [1.165, 1.54) is 6.92 Å². The van der Waals surface area contributed by atoms with Crippen LogP contribution in [0.5, 0.6) is 0 Å². The summed E-state index contributed by atoms with van der Waals surface area (Å²) in [5, 5.41) is 2.74. The molecule has 1 aromatic rings. The second kappa shape index (κ2) is 6.13. The van der Waals surface area contributed by atoms with Gasteiger partial charge in [0, 0.05) is 11.9 Å². The number of amides is 1. The highest BCUT2D eigenvalue weighted by atomic mass is 16.2. The van der Waals surface area contributed by atoms with Gasteiger partial charge in [-0.2, -0.15) is 0 Å². The Bertz CT molecular complexity index is 388. The van der Waals surface area contributed by atoms with Crippen molar-refractivity contribution in [2.75, 3.05) is 0 Å². The van der Waals surface area contributed by atoms with Gasteiger partial charge < -0.3 is 5.32 Å². The molecule has 0 aliphatic heterocycles. The Balaban J connectivity index is 2.57. The monoisotopic (exact) mass is 234 g/mol. The van der Waals surface area contributed by atoms with Gasteiger partial charge in [-0.25, -0.2) is 0 Å². The summed E-state index contributed by atoms with van der Waals surface area (Å²) in [6, 6.07) is 5.01. The van der Waals surface area contributed by atoms with Crippen molar-refractivity contribution in [2.24, 2.45) is 5.92 Å². The van der Waals surface area contributed by atoms with Gasteiger partial charge in [0.2, 0.25) is 5.91 Å². The molecule has 1 unspecified atom stereocenters. The SMILES string of the molecule is CC(=O)C(NC(=O)Cc1ccccn1)C(C)C. The summed E-state index contributed by atoms with van der Waals surface area (Å²) in [5.41, 5.74) is 0.705. The van der Waals surface area contributed by atoms with Crippen LogP contribution in [-0.2, 0) is 16.0 Å². The standard InChI is InChI=1S/C13H18N2O2/c1-9(2)13(10(3)16)15-12(17)8-11-6-4-5-7-14-11/h4-7,9,13H,8H2,1-3H3,(H,15,17). The number of nitrogens with one attached hydrogen (secondary N) is 1. The van der Waals surface area contributed by atoms with E-state index in [2.05, 4.69) is 10.3 Å². The number of ketones is 1. The van der Waals surface area contributed by atoms with E-state index in [9.17, 15) is 9.59 Å². The van der Waals surface area contributed by atoms with Crippen molar-refractivity contribution < 1.29 is 9.59 Å². The summed E-state index contributed by atoms with van der Waals surface area (Å²) in [6.45, 7) is 5.31. The minimum Gasteiger partial charge on any atom is -0.346 e. The lowest BCUT2D eigenvalue weighted by atomic mass is 10.0. The highest BCUT2D eigenvalue weighted by Crippen LogP contribution is 2.03. The van der Waals surface area contributed by atoms with Gasteiger partial charge in [0.25, 0.3) is 0 Å². The number of hydrogen-bond donors (Lipinski definition) is 1. The predicted octanol–water partition coefficient (Wildman–Crippen LogP) is 1.35. The number of rotatable bonds is 5. The number of hydrogen-bond acceptors (Lipinski definition) is 3. The number of aromatic nitrogens is 1. The summed E-state index contributed by atoms with van der Waals surface area (Å²) in [5.74, 6) is -0.0906. The first-order chi connectivity index (χ1) is 8.00. The quantitative estimate of drug-likeness (QED) is 0.836. The molecule has 1 aromatic heterocycles. The molecule has 0 aromatic carbocycles. The second-order valence-corrected chi connectivity index (χ2v) is 4.40. The summed E-state index contributed by atoms with van der Waals surface area (Å²) < 4.78 is 0. The van der Waals surface area contributed by atoms with Gasteiger partial charge in [-0.3, -0.25) is 14.6 Å². The Morgan fingerprint density at radius 1 is 1.35 bits per heavy atom. The molecule has 0 spiro atoms. The van der Waals surface area contributed by atoms with E-state index < -0.39 is 6.04 Å². The summed E-state index contributed by atoms with van der Waals surface area (Å²) in [4.78, 5) is 27.1. The third kappa shape index (κ3) is 4.34. The third-order valence-corrected chi connectivity index (χ3v) is 2.49. The van der Waals surface area contributed by atoms with Crippen LogP contribution in [0.4, 0.5) is 0 Å².